The fourth-order valence-corrected chi connectivity index (χ4v) is 2.47. The highest BCUT2D eigenvalue weighted by molar-refractivity contribution is 7.10. The molecule has 1 rings (SSSR count). The molecule has 92 valence electrons. The van der Waals surface area contributed by atoms with Crippen LogP contribution in [0.5, 0.6) is 0 Å². The van der Waals surface area contributed by atoms with Gasteiger partial charge in [-0.1, -0.05) is 0 Å². The van der Waals surface area contributed by atoms with Gasteiger partial charge < -0.3 is 14.8 Å². The number of ether oxygens (including phenoxy) is 2. The molecule has 1 atom stereocenters. The van der Waals surface area contributed by atoms with Crippen LogP contribution in [0.25, 0.3) is 0 Å². The molecule has 16 heavy (non-hydrogen) atoms. The standard InChI is InChI=1S/C12H21NO2S/c1-5-14-12(15-6-2)11(13-4)10-7-8-16-9(10)3/h7-8,11-13H,5-6H2,1-4H3. The van der Waals surface area contributed by atoms with Gasteiger partial charge in [0.05, 0.1) is 6.04 Å². The Morgan fingerprint density at radius 2 is 1.94 bits per heavy atom. The van der Waals surface area contributed by atoms with Gasteiger partial charge in [-0.05, 0) is 44.8 Å². The quantitative estimate of drug-likeness (QED) is 0.747. The summed E-state index contributed by atoms with van der Waals surface area (Å²) in [5.74, 6) is 0. The van der Waals surface area contributed by atoms with Crippen molar-refractivity contribution >= 4 is 11.3 Å². The third-order valence-corrected chi connectivity index (χ3v) is 3.34. The van der Waals surface area contributed by atoms with Crippen LogP contribution >= 0.6 is 11.3 Å². The SMILES string of the molecule is CCOC(OCC)C(NC)c1ccsc1C. The van der Waals surface area contributed by atoms with Crippen molar-refractivity contribution in [3.05, 3.63) is 21.9 Å². The van der Waals surface area contributed by atoms with Crippen molar-refractivity contribution in [2.45, 2.75) is 33.1 Å². The predicted molar refractivity (Wildman–Crippen MR) is 67.9 cm³/mol. The lowest BCUT2D eigenvalue weighted by atomic mass is 10.1. The Morgan fingerprint density at radius 3 is 2.31 bits per heavy atom. The van der Waals surface area contributed by atoms with E-state index >= 15 is 0 Å². The molecule has 0 fully saturated rings. The van der Waals surface area contributed by atoms with Crippen LogP contribution in [0.1, 0.15) is 30.3 Å². The average Bonchev–Trinajstić information content (AvgIpc) is 2.67. The maximum absolute atomic E-state index is 5.63. The first-order chi connectivity index (χ1) is 7.74. The minimum absolute atomic E-state index is 0.103. The predicted octanol–water partition coefficient (Wildman–Crippen LogP) is 2.72. The van der Waals surface area contributed by atoms with Gasteiger partial charge in [0.15, 0.2) is 6.29 Å². The van der Waals surface area contributed by atoms with Crippen molar-refractivity contribution in [2.24, 2.45) is 0 Å². The summed E-state index contributed by atoms with van der Waals surface area (Å²) in [5.41, 5.74) is 1.26. The molecule has 1 heterocycles. The van der Waals surface area contributed by atoms with Gasteiger partial charge in [-0.25, -0.2) is 0 Å². The van der Waals surface area contributed by atoms with Gasteiger partial charge in [0.25, 0.3) is 0 Å². The zero-order chi connectivity index (χ0) is 12.0. The zero-order valence-electron chi connectivity index (χ0n) is 10.4. The van der Waals surface area contributed by atoms with E-state index in [0.29, 0.717) is 13.2 Å². The molecule has 1 unspecified atom stereocenters. The molecule has 0 amide bonds. The van der Waals surface area contributed by atoms with E-state index in [0.717, 1.165) is 0 Å². The van der Waals surface area contributed by atoms with E-state index < -0.39 is 0 Å². The second-order valence-corrected chi connectivity index (χ2v) is 4.60. The molecule has 0 aliphatic carbocycles. The molecule has 1 aromatic rings. The zero-order valence-corrected chi connectivity index (χ0v) is 11.3. The number of rotatable bonds is 7. The lowest BCUT2D eigenvalue weighted by molar-refractivity contribution is -0.154. The van der Waals surface area contributed by atoms with Crippen LogP contribution < -0.4 is 5.32 Å². The Kier molecular flexibility index (Phi) is 5.98. The first-order valence-electron chi connectivity index (χ1n) is 5.69. The Morgan fingerprint density at radius 1 is 1.31 bits per heavy atom. The van der Waals surface area contributed by atoms with Crippen LogP contribution in [-0.2, 0) is 9.47 Å². The number of nitrogens with one attached hydrogen (secondary N) is 1. The third-order valence-electron chi connectivity index (χ3n) is 2.48. The van der Waals surface area contributed by atoms with Crippen LogP contribution in [-0.4, -0.2) is 26.6 Å². The number of hydrogen-bond donors (Lipinski definition) is 1. The van der Waals surface area contributed by atoms with Crippen LogP contribution in [0.15, 0.2) is 11.4 Å². The molecule has 0 bridgehead atoms. The lowest BCUT2D eigenvalue weighted by Crippen LogP contribution is -2.34. The Bertz CT molecular complexity index is 295. The second kappa shape index (κ2) is 7.01. The van der Waals surface area contributed by atoms with Crippen molar-refractivity contribution in [3.8, 4) is 0 Å². The summed E-state index contributed by atoms with van der Waals surface area (Å²) in [5, 5.41) is 5.37. The van der Waals surface area contributed by atoms with E-state index in [1.165, 1.54) is 10.4 Å². The van der Waals surface area contributed by atoms with Gasteiger partial charge in [0.2, 0.25) is 0 Å². The second-order valence-electron chi connectivity index (χ2n) is 3.48. The Labute approximate surface area is 102 Å². The largest absolute Gasteiger partial charge is 0.351 e. The Balaban J connectivity index is 2.81. The van der Waals surface area contributed by atoms with Gasteiger partial charge >= 0.3 is 0 Å². The molecule has 3 nitrogen and oxygen atoms in total. The third kappa shape index (κ3) is 3.28. The summed E-state index contributed by atoms with van der Waals surface area (Å²) in [7, 11) is 1.94. The van der Waals surface area contributed by atoms with Gasteiger partial charge in [0.1, 0.15) is 0 Å². The first-order valence-corrected chi connectivity index (χ1v) is 6.57. The maximum atomic E-state index is 5.63. The minimum Gasteiger partial charge on any atom is -0.351 e. The van der Waals surface area contributed by atoms with Crippen LogP contribution in [0, 0.1) is 6.92 Å². The highest BCUT2D eigenvalue weighted by atomic mass is 32.1. The summed E-state index contributed by atoms with van der Waals surface area (Å²) in [6, 6.07) is 2.23. The molecule has 0 aliphatic heterocycles. The average molecular weight is 243 g/mol. The molecule has 0 saturated heterocycles. The fraction of sp³-hybridized carbons (Fsp3) is 0.667. The number of thiophene rings is 1. The number of hydrogen-bond acceptors (Lipinski definition) is 4. The monoisotopic (exact) mass is 243 g/mol. The Hall–Kier alpha value is -0.420. The highest BCUT2D eigenvalue weighted by Crippen LogP contribution is 2.26. The lowest BCUT2D eigenvalue weighted by Gasteiger charge is -2.26. The molecular weight excluding hydrogens is 222 g/mol. The molecule has 0 saturated carbocycles. The van der Waals surface area contributed by atoms with Crippen molar-refractivity contribution < 1.29 is 9.47 Å². The van der Waals surface area contributed by atoms with E-state index in [1.54, 1.807) is 11.3 Å². The summed E-state index contributed by atoms with van der Waals surface area (Å²) in [4.78, 5) is 1.31. The van der Waals surface area contributed by atoms with Crippen molar-refractivity contribution in [1.82, 2.24) is 5.32 Å². The highest BCUT2D eigenvalue weighted by Gasteiger charge is 2.24. The summed E-state index contributed by atoms with van der Waals surface area (Å²) < 4.78 is 11.3. The van der Waals surface area contributed by atoms with Crippen molar-refractivity contribution in [2.75, 3.05) is 20.3 Å². The molecule has 1 N–H and O–H groups in total. The summed E-state index contributed by atoms with van der Waals surface area (Å²) in [6.45, 7) is 7.41. The summed E-state index contributed by atoms with van der Waals surface area (Å²) >= 11 is 1.75. The fourth-order valence-electron chi connectivity index (χ4n) is 1.72. The van der Waals surface area contributed by atoms with Crippen molar-refractivity contribution in [3.63, 3.8) is 0 Å². The van der Waals surface area contributed by atoms with Crippen LogP contribution in [0.4, 0.5) is 0 Å². The van der Waals surface area contributed by atoms with E-state index in [9.17, 15) is 0 Å². The van der Waals surface area contributed by atoms with Gasteiger partial charge in [0, 0.05) is 18.1 Å². The number of likely N-dealkylation sites (N-methyl/N-ethyl adjacent to an activating group) is 1. The maximum Gasteiger partial charge on any atom is 0.176 e. The van der Waals surface area contributed by atoms with E-state index in [-0.39, 0.29) is 12.3 Å². The smallest absolute Gasteiger partial charge is 0.176 e. The normalized spacial score (nSPS) is 13.3. The minimum atomic E-state index is -0.215. The first kappa shape index (κ1) is 13.6. The molecule has 0 aliphatic rings. The van der Waals surface area contributed by atoms with E-state index in [2.05, 4.69) is 23.7 Å². The van der Waals surface area contributed by atoms with Crippen LogP contribution in [0.2, 0.25) is 0 Å². The van der Waals surface area contributed by atoms with E-state index in [4.69, 9.17) is 9.47 Å². The molecule has 0 radical (unpaired) electrons. The van der Waals surface area contributed by atoms with Crippen LogP contribution in [0.3, 0.4) is 0 Å². The topological polar surface area (TPSA) is 30.5 Å². The molecule has 0 aromatic carbocycles. The van der Waals surface area contributed by atoms with Gasteiger partial charge in [-0.2, -0.15) is 0 Å². The van der Waals surface area contributed by atoms with Gasteiger partial charge in [-0.15, -0.1) is 11.3 Å². The molecular formula is C12H21NO2S. The van der Waals surface area contributed by atoms with E-state index in [1.807, 2.05) is 20.9 Å². The van der Waals surface area contributed by atoms with Crippen molar-refractivity contribution in [1.29, 1.82) is 0 Å². The van der Waals surface area contributed by atoms with Gasteiger partial charge in [-0.3, -0.25) is 0 Å². The molecule has 0 spiro atoms. The molecule has 4 heteroatoms. The summed E-state index contributed by atoms with van der Waals surface area (Å²) in [6.07, 6.45) is -0.215. The number of aryl methyl sites for hydroxylation is 1. The molecule has 1 aromatic heterocycles.